The molecule has 0 bridgehead atoms. The Balaban J connectivity index is 3.47. The van der Waals surface area contributed by atoms with Gasteiger partial charge in [0.1, 0.15) is 0 Å². The Morgan fingerprint density at radius 2 is 1.78 bits per heavy atom. The molecule has 0 aromatic carbocycles. The highest BCUT2D eigenvalue weighted by Crippen LogP contribution is 2.21. The SMILES string of the molecule is COC(C)CC(C)(C)C. The second kappa shape index (κ2) is 3.21. The lowest BCUT2D eigenvalue weighted by Crippen LogP contribution is -2.16. The summed E-state index contributed by atoms with van der Waals surface area (Å²) >= 11 is 0. The lowest BCUT2D eigenvalue weighted by molar-refractivity contribution is 0.0806. The molecule has 0 saturated heterocycles. The molecule has 1 nitrogen and oxygen atoms in total. The Morgan fingerprint density at radius 1 is 1.33 bits per heavy atom. The second-order valence-corrected chi connectivity index (χ2v) is 3.81. The first-order valence-corrected chi connectivity index (χ1v) is 3.48. The molecule has 0 aromatic rings. The quantitative estimate of drug-likeness (QED) is 0.558. The number of ether oxygens (including phenoxy) is 1. The monoisotopic (exact) mass is 130 g/mol. The van der Waals surface area contributed by atoms with E-state index in [1.807, 2.05) is 0 Å². The minimum Gasteiger partial charge on any atom is -0.382 e. The van der Waals surface area contributed by atoms with E-state index in [9.17, 15) is 0 Å². The number of rotatable bonds is 2. The maximum Gasteiger partial charge on any atom is 0.0548 e. The van der Waals surface area contributed by atoms with Crippen molar-refractivity contribution in [3.8, 4) is 0 Å². The Labute approximate surface area is 58.4 Å². The third-order valence-corrected chi connectivity index (χ3v) is 1.30. The fourth-order valence-electron chi connectivity index (χ4n) is 0.946. The van der Waals surface area contributed by atoms with Crippen LogP contribution in [0.2, 0.25) is 0 Å². The van der Waals surface area contributed by atoms with Crippen molar-refractivity contribution in [1.82, 2.24) is 0 Å². The van der Waals surface area contributed by atoms with Crippen LogP contribution in [0.15, 0.2) is 0 Å². The van der Waals surface area contributed by atoms with Gasteiger partial charge < -0.3 is 4.74 Å². The van der Waals surface area contributed by atoms with Crippen LogP contribution in [0.5, 0.6) is 0 Å². The maximum atomic E-state index is 5.13. The third kappa shape index (κ3) is 5.84. The van der Waals surface area contributed by atoms with Gasteiger partial charge in [-0.2, -0.15) is 0 Å². The molecule has 0 spiro atoms. The molecule has 0 aromatic heterocycles. The van der Waals surface area contributed by atoms with Crippen molar-refractivity contribution >= 4 is 0 Å². The van der Waals surface area contributed by atoms with Crippen LogP contribution in [0.3, 0.4) is 0 Å². The maximum absolute atomic E-state index is 5.13. The summed E-state index contributed by atoms with van der Waals surface area (Å²) in [5.74, 6) is 0. The van der Waals surface area contributed by atoms with E-state index in [0.717, 1.165) is 6.42 Å². The molecule has 0 fully saturated rings. The normalized spacial score (nSPS) is 15.7. The van der Waals surface area contributed by atoms with Gasteiger partial charge in [0, 0.05) is 7.11 Å². The molecule has 1 heteroatoms. The lowest BCUT2D eigenvalue weighted by Gasteiger charge is -2.21. The van der Waals surface area contributed by atoms with E-state index in [-0.39, 0.29) is 0 Å². The summed E-state index contributed by atoms with van der Waals surface area (Å²) in [6, 6.07) is 0. The van der Waals surface area contributed by atoms with Crippen LogP contribution < -0.4 is 0 Å². The average molecular weight is 130 g/mol. The van der Waals surface area contributed by atoms with Crippen LogP contribution in [0.4, 0.5) is 0 Å². The molecular weight excluding hydrogens is 112 g/mol. The van der Waals surface area contributed by atoms with Gasteiger partial charge in [0.25, 0.3) is 0 Å². The average Bonchev–Trinajstić information content (AvgIpc) is 1.62. The van der Waals surface area contributed by atoms with Crippen molar-refractivity contribution in [2.24, 2.45) is 5.41 Å². The van der Waals surface area contributed by atoms with Gasteiger partial charge in [0.2, 0.25) is 0 Å². The van der Waals surface area contributed by atoms with Crippen molar-refractivity contribution in [1.29, 1.82) is 0 Å². The van der Waals surface area contributed by atoms with E-state index in [4.69, 9.17) is 4.74 Å². The van der Waals surface area contributed by atoms with Gasteiger partial charge in [-0.25, -0.2) is 0 Å². The van der Waals surface area contributed by atoms with Crippen molar-refractivity contribution in [3.63, 3.8) is 0 Å². The summed E-state index contributed by atoms with van der Waals surface area (Å²) < 4.78 is 5.13. The van der Waals surface area contributed by atoms with Crippen molar-refractivity contribution in [3.05, 3.63) is 0 Å². The fourth-order valence-corrected chi connectivity index (χ4v) is 0.946. The van der Waals surface area contributed by atoms with Crippen molar-refractivity contribution in [2.75, 3.05) is 7.11 Å². The highest BCUT2D eigenvalue weighted by molar-refractivity contribution is 4.65. The largest absolute Gasteiger partial charge is 0.382 e. The molecule has 0 aliphatic heterocycles. The summed E-state index contributed by atoms with van der Waals surface area (Å²) in [4.78, 5) is 0. The van der Waals surface area contributed by atoms with Crippen LogP contribution in [0.1, 0.15) is 34.1 Å². The first kappa shape index (κ1) is 8.96. The van der Waals surface area contributed by atoms with Gasteiger partial charge >= 0.3 is 0 Å². The number of methoxy groups -OCH3 is 1. The molecule has 1 unspecified atom stereocenters. The van der Waals surface area contributed by atoms with Gasteiger partial charge in [-0.1, -0.05) is 20.8 Å². The fraction of sp³-hybridized carbons (Fsp3) is 1.00. The second-order valence-electron chi connectivity index (χ2n) is 3.81. The standard InChI is InChI=1S/C8H18O/c1-7(9-5)6-8(2,3)4/h7H,6H2,1-5H3. The highest BCUT2D eigenvalue weighted by Gasteiger charge is 2.13. The van der Waals surface area contributed by atoms with Crippen LogP contribution in [-0.2, 0) is 4.74 Å². The molecule has 0 radical (unpaired) electrons. The molecule has 0 N–H and O–H groups in total. The first-order chi connectivity index (χ1) is 3.95. The Bertz CT molecular complexity index is 71.1. The molecule has 0 heterocycles. The molecule has 0 saturated carbocycles. The number of hydrogen-bond acceptors (Lipinski definition) is 1. The van der Waals surface area contributed by atoms with E-state index < -0.39 is 0 Å². The summed E-state index contributed by atoms with van der Waals surface area (Å²) in [6.45, 7) is 8.78. The Hall–Kier alpha value is -0.0400. The van der Waals surface area contributed by atoms with E-state index >= 15 is 0 Å². The molecule has 0 aliphatic carbocycles. The summed E-state index contributed by atoms with van der Waals surface area (Å²) in [7, 11) is 1.76. The molecule has 0 aliphatic rings. The van der Waals surface area contributed by atoms with Gasteiger partial charge in [0.15, 0.2) is 0 Å². The summed E-state index contributed by atoms with van der Waals surface area (Å²) in [5, 5.41) is 0. The van der Waals surface area contributed by atoms with Crippen LogP contribution in [0.25, 0.3) is 0 Å². The van der Waals surface area contributed by atoms with Crippen LogP contribution >= 0.6 is 0 Å². The minimum atomic E-state index is 0.394. The van der Waals surface area contributed by atoms with E-state index in [2.05, 4.69) is 27.7 Å². The van der Waals surface area contributed by atoms with Gasteiger partial charge in [-0.3, -0.25) is 0 Å². The molecule has 56 valence electrons. The zero-order valence-electron chi connectivity index (χ0n) is 7.19. The lowest BCUT2D eigenvalue weighted by atomic mass is 9.90. The predicted molar refractivity (Wildman–Crippen MR) is 40.5 cm³/mol. The van der Waals surface area contributed by atoms with Crippen molar-refractivity contribution in [2.45, 2.75) is 40.2 Å². The minimum absolute atomic E-state index is 0.394. The van der Waals surface area contributed by atoms with E-state index in [1.165, 1.54) is 0 Å². The van der Waals surface area contributed by atoms with Crippen LogP contribution in [0, 0.1) is 5.41 Å². The van der Waals surface area contributed by atoms with Gasteiger partial charge in [-0.15, -0.1) is 0 Å². The van der Waals surface area contributed by atoms with Gasteiger partial charge in [0.05, 0.1) is 6.10 Å². The van der Waals surface area contributed by atoms with E-state index in [0.29, 0.717) is 11.5 Å². The summed E-state index contributed by atoms with van der Waals surface area (Å²) in [6.07, 6.45) is 1.52. The third-order valence-electron chi connectivity index (χ3n) is 1.30. The zero-order valence-corrected chi connectivity index (χ0v) is 7.19. The molecule has 9 heavy (non-hydrogen) atoms. The predicted octanol–water partition coefficient (Wildman–Crippen LogP) is 2.46. The highest BCUT2D eigenvalue weighted by atomic mass is 16.5. The van der Waals surface area contributed by atoms with Crippen molar-refractivity contribution < 1.29 is 4.74 Å². The van der Waals surface area contributed by atoms with E-state index in [1.54, 1.807) is 7.11 Å². The zero-order chi connectivity index (χ0) is 7.49. The Kier molecular flexibility index (Phi) is 3.20. The van der Waals surface area contributed by atoms with Gasteiger partial charge in [-0.05, 0) is 18.8 Å². The molecule has 0 amide bonds. The van der Waals surface area contributed by atoms with Crippen LogP contribution in [-0.4, -0.2) is 13.2 Å². The summed E-state index contributed by atoms with van der Waals surface area (Å²) in [5.41, 5.74) is 0.398. The number of hydrogen-bond donors (Lipinski definition) is 0. The molecule has 1 atom stereocenters. The molecular formula is C8H18O. The Morgan fingerprint density at radius 3 is 1.89 bits per heavy atom. The molecule has 0 rings (SSSR count). The topological polar surface area (TPSA) is 9.23 Å². The smallest absolute Gasteiger partial charge is 0.0548 e. The first-order valence-electron chi connectivity index (χ1n) is 3.48.